The Morgan fingerprint density at radius 3 is 2.26 bits per heavy atom. The van der Waals surface area contributed by atoms with Gasteiger partial charge < -0.3 is 14.8 Å². The van der Waals surface area contributed by atoms with Crippen molar-refractivity contribution in [1.29, 1.82) is 0 Å². The first kappa shape index (κ1) is 22.4. The number of rotatable bonds is 10. The molecular weight excluding hydrogens is 386 g/mol. The molecule has 0 heterocycles. The van der Waals surface area contributed by atoms with Crippen molar-refractivity contribution in [2.24, 2.45) is 5.92 Å². The summed E-state index contributed by atoms with van der Waals surface area (Å²) in [5, 5.41) is 2.95. The monoisotopic (exact) mass is 417 g/mol. The molecule has 0 aliphatic carbocycles. The van der Waals surface area contributed by atoms with E-state index in [-0.39, 0.29) is 5.91 Å². The summed E-state index contributed by atoms with van der Waals surface area (Å²) >= 11 is 0. The number of nitrogens with one attached hydrogen (secondary N) is 1. The van der Waals surface area contributed by atoms with Crippen LogP contribution in [0.4, 0.5) is 5.69 Å². The molecule has 3 rings (SSSR count). The zero-order valence-electron chi connectivity index (χ0n) is 18.5. The van der Waals surface area contributed by atoms with Crippen molar-refractivity contribution < 1.29 is 14.3 Å². The van der Waals surface area contributed by atoms with E-state index in [9.17, 15) is 4.79 Å². The Labute approximate surface area is 185 Å². The lowest BCUT2D eigenvalue weighted by atomic mass is 10.1. The Bertz CT molecular complexity index is 952. The topological polar surface area (TPSA) is 47.6 Å². The van der Waals surface area contributed by atoms with Gasteiger partial charge in [-0.3, -0.25) is 4.79 Å². The lowest BCUT2D eigenvalue weighted by molar-refractivity contribution is -0.122. The molecule has 0 bridgehead atoms. The SMILES string of the molecule is CCC(Oc1ccc(-c2ccccc2)cc1)C(=O)Nc1cccc(OCCC(C)C)c1. The summed E-state index contributed by atoms with van der Waals surface area (Å²) < 4.78 is 11.8. The van der Waals surface area contributed by atoms with Crippen LogP contribution in [0.25, 0.3) is 11.1 Å². The van der Waals surface area contributed by atoms with Crippen molar-refractivity contribution >= 4 is 11.6 Å². The van der Waals surface area contributed by atoms with E-state index in [1.165, 1.54) is 0 Å². The van der Waals surface area contributed by atoms with Crippen LogP contribution in [0.15, 0.2) is 78.9 Å². The van der Waals surface area contributed by atoms with Crippen LogP contribution in [-0.2, 0) is 4.79 Å². The van der Waals surface area contributed by atoms with Crippen molar-refractivity contribution in [3.63, 3.8) is 0 Å². The molecule has 1 N–H and O–H groups in total. The van der Waals surface area contributed by atoms with Crippen LogP contribution in [-0.4, -0.2) is 18.6 Å². The molecule has 0 fully saturated rings. The molecule has 31 heavy (non-hydrogen) atoms. The van der Waals surface area contributed by atoms with Crippen LogP contribution in [0, 0.1) is 5.92 Å². The van der Waals surface area contributed by atoms with Crippen molar-refractivity contribution in [3.05, 3.63) is 78.9 Å². The van der Waals surface area contributed by atoms with Crippen molar-refractivity contribution in [1.82, 2.24) is 0 Å². The maximum absolute atomic E-state index is 12.8. The minimum atomic E-state index is -0.576. The van der Waals surface area contributed by atoms with Gasteiger partial charge in [-0.15, -0.1) is 0 Å². The molecule has 4 heteroatoms. The Morgan fingerprint density at radius 2 is 1.58 bits per heavy atom. The molecule has 3 aromatic carbocycles. The fourth-order valence-corrected chi connectivity index (χ4v) is 3.14. The first-order valence-corrected chi connectivity index (χ1v) is 10.9. The molecule has 1 unspecified atom stereocenters. The molecular formula is C27H31NO3. The predicted octanol–water partition coefficient (Wildman–Crippen LogP) is 6.57. The van der Waals surface area contributed by atoms with Gasteiger partial charge in [0.2, 0.25) is 0 Å². The van der Waals surface area contributed by atoms with Gasteiger partial charge in [-0.25, -0.2) is 0 Å². The number of ether oxygens (including phenoxy) is 2. The van der Waals surface area contributed by atoms with E-state index in [2.05, 4.69) is 31.3 Å². The first-order chi connectivity index (χ1) is 15.0. The zero-order chi connectivity index (χ0) is 22.1. The normalized spacial score (nSPS) is 11.7. The van der Waals surface area contributed by atoms with E-state index in [1.54, 1.807) is 0 Å². The van der Waals surface area contributed by atoms with Crippen LogP contribution in [0.1, 0.15) is 33.6 Å². The quantitative estimate of drug-likeness (QED) is 0.405. The molecule has 0 saturated carbocycles. The number of amides is 1. The van der Waals surface area contributed by atoms with Gasteiger partial charge >= 0.3 is 0 Å². The van der Waals surface area contributed by atoms with Crippen LogP contribution in [0.3, 0.4) is 0 Å². The summed E-state index contributed by atoms with van der Waals surface area (Å²) in [5.41, 5.74) is 2.96. The van der Waals surface area contributed by atoms with Gasteiger partial charge in [0, 0.05) is 11.8 Å². The Hall–Kier alpha value is -3.27. The predicted molar refractivity (Wildman–Crippen MR) is 127 cm³/mol. The second-order valence-electron chi connectivity index (χ2n) is 7.95. The highest BCUT2D eigenvalue weighted by Gasteiger charge is 2.19. The summed E-state index contributed by atoms with van der Waals surface area (Å²) in [6.45, 7) is 6.93. The Balaban J connectivity index is 1.59. The van der Waals surface area contributed by atoms with Gasteiger partial charge in [0.05, 0.1) is 6.61 Å². The minimum absolute atomic E-state index is 0.172. The molecule has 162 valence electrons. The van der Waals surface area contributed by atoms with Crippen molar-refractivity contribution in [2.75, 3.05) is 11.9 Å². The fourth-order valence-electron chi connectivity index (χ4n) is 3.14. The van der Waals surface area contributed by atoms with E-state index in [1.807, 2.05) is 73.7 Å². The van der Waals surface area contributed by atoms with Gasteiger partial charge in [0.15, 0.2) is 6.10 Å². The van der Waals surface area contributed by atoms with E-state index < -0.39 is 6.10 Å². The highest BCUT2D eigenvalue weighted by molar-refractivity contribution is 5.94. The van der Waals surface area contributed by atoms with E-state index >= 15 is 0 Å². The second kappa shape index (κ2) is 11.2. The summed E-state index contributed by atoms with van der Waals surface area (Å²) in [6.07, 6.45) is 0.982. The van der Waals surface area contributed by atoms with Gasteiger partial charge in [0.1, 0.15) is 11.5 Å². The zero-order valence-corrected chi connectivity index (χ0v) is 18.5. The maximum atomic E-state index is 12.8. The van der Waals surface area contributed by atoms with Crippen LogP contribution < -0.4 is 14.8 Å². The van der Waals surface area contributed by atoms with Gasteiger partial charge in [0.25, 0.3) is 5.91 Å². The third kappa shape index (κ3) is 6.88. The van der Waals surface area contributed by atoms with Crippen LogP contribution >= 0.6 is 0 Å². The van der Waals surface area contributed by atoms with Gasteiger partial charge in [-0.2, -0.15) is 0 Å². The van der Waals surface area contributed by atoms with Gasteiger partial charge in [-0.05, 0) is 54.2 Å². The first-order valence-electron chi connectivity index (χ1n) is 10.9. The third-order valence-electron chi connectivity index (χ3n) is 4.97. The summed E-state index contributed by atoms with van der Waals surface area (Å²) in [5.74, 6) is 1.84. The largest absolute Gasteiger partial charge is 0.494 e. The van der Waals surface area contributed by atoms with E-state index in [4.69, 9.17) is 9.47 Å². The molecule has 1 atom stereocenters. The standard InChI is InChI=1S/C27H31NO3/c1-4-26(31-24-15-13-22(14-16-24)21-9-6-5-7-10-21)27(29)28-23-11-8-12-25(19-23)30-18-17-20(2)3/h5-16,19-20,26H,4,17-18H2,1-3H3,(H,28,29). The maximum Gasteiger partial charge on any atom is 0.265 e. The Kier molecular flexibility index (Phi) is 8.11. The van der Waals surface area contributed by atoms with Crippen molar-refractivity contribution in [2.45, 2.75) is 39.7 Å². The third-order valence-corrected chi connectivity index (χ3v) is 4.97. The average Bonchev–Trinajstić information content (AvgIpc) is 2.78. The number of benzene rings is 3. The lowest BCUT2D eigenvalue weighted by Gasteiger charge is -2.18. The summed E-state index contributed by atoms with van der Waals surface area (Å²) in [6, 6.07) is 25.5. The van der Waals surface area contributed by atoms with Crippen LogP contribution in [0.5, 0.6) is 11.5 Å². The highest BCUT2D eigenvalue weighted by Crippen LogP contribution is 2.24. The molecule has 0 aliphatic heterocycles. The summed E-state index contributed by atoms with van der Waals surface area (Å²) in [7, 11) is 0. The summed E-state index contributed by atoms with van der Waals surface area (Å²) in [4.78, 5) is 12.8. The molecule has 3 aromatic rings. The average molecular weight is 418 g/mol. The number of carbonyl (C=O) groups is 1. The molecule has 0 aromatic heterocycles. The fraction of sp³-hybridized carbons (Fsp3) is 0.296. The van der Waals surface area contributed by atoms with E-state index in [0.29, 0.717) is 30.4 Å². The van der Waals surface area contributed by atoms with E-state index in [0.717, 1.165) is 23.3 Å². The van der Waals surface area contributed by atoms with Crippen LogP contribution in [0.2, 0.25) is 0 Å². The van der Waals surface area contributed by atoms with Gasteiger partial charge in [-0.1, -0.05) is 69.3 Å². The molecule has 1 amide bonds. The number of carbonyl (C=O) groups excluding carboxylic acids is 1. The second-order valence-corrected chi connectivity index (χ2v) is 7.95. The minimum Gasteiger partial charge on any atom is -0.494 e. The Morgan fingerprint density at radius 1 is 0.871 bits per heavy atom. The number of anilines is 1. The highest BCUT2D eigenvalue weighted by atomic mass is 16.5. The van der Waals surface area contributed by atoms with Crippen molar-refractivity contribution in [3.8, 4) is 22.6 Å². The molecule has 0 saturated heterocycles. The molecule has 0 aliphatic rings. The molecule has 0 spiro atoms. The molecule has 0 radical (unpaired) electrons. The lowest BCUT2D eigenvalue weighted by Crippen LogP contribution is -2.32. The molecule has 4 nitrogen and oxygen atoms in total. The number of hydrogen-bond donors (Lipinski definition) is 1. The smallest absolute Gasteiger partial charge is 0.265 e. The number of hydrogen-bond acceptors (Lipinski definition) is 3.